The first-order chi connectivity index (χ1) is 6.25. The molecule has 70 valence electrons. The molecule has 1 aliphatic rings. The van der Waals surface area contributed by atoms with E-state index in [4.69, 9.17) is 0 Å². The third-order valence-corrected chi connectivity index (χ3v) is 2.62. The van der Waals surface area contributed by atoms with E-state index in [1.165, 1.54) is 12.1 Å². The van der Waals surface area contributed by atoms with Crippen molar-refractivity contribution in [1.82, 2.24) is 10.3 Å². The lowest BCUT2D eigenvalue weighted by Gasteiger charge is -2.09. The highest BCUT2D eigenvalue weighted by molar-refractivity contribution is 5.14. The van der Waals surface area contributed by atoms with Gasteiger partial charge in [-0.2, -0.15) is 0 Å². The van der Waals surface area contributed by atoms with Crippen molar-refractivity contribution in [3.8, 4) is 0 Å². The van der Waals surface area contributed by atoms with Gasteiger partial charge >= 0.3 is 0 Å². The molecule has 0 radical (unpaired) electrons. The molecule has 1 N–H and O–H groups in total. The molecule has 0 saturated carbocycles. The monoisotopic (exact) mass is 176 g/mol. The minimum atomic E-state index is 0.481. The second-order valence-electron chi connectivity index (χ2n) is 4.01. The normalized spacial score (nSPS) is 27.8. The third kappa shape index (κ3) is 1.89. The maximum atomic E-state index is 4.53. The Morgan fingerprint density at radius 2 is 2.31 bits per heavy atom. The highest BCUT2D eigenvalue weighted by atomic mass is 15.0. The van der Waals surface area contributed by atoms with Gasteiger partial charge in [0.2, 0.25) is 0 Å². The Balaban J connectivity index is 2.16. The van der Waals surface area contributed by atoms with Gasteiger partial charge in [-0.15, -0.1) is 0 Å². The Labute approximate surface area is 79.4 Å². The number of rotatable bonds is 1. The number of hydrogen-bond acceptors (Lipinski definition) is 2. The standard InChI is InChI=1S/C11H16N2/c1-8-6-11(12-7-8)10-5-3-4-9(2)13-10/h3-5,8,11-12H,6-7H2,1-2H3/t8-,11-/m1/s1. The number of hydrogen-bond donors (Lipinski definition) is 1. The number of pyridine rings is 1. The maximum absolute atomic E-state index is 4.53. The molecule has 1 saturated heterocycles. The van der Waals surface area contributed by atoms with Crippen molar-refractivity contribution in [3.05, 3.63) is 29.6 Å². The van der Waals surface area contributed by atoms with E-state index in [0.717, 1.165) is 18.2 Å². The van der Waals surface area contributed by atoms with Crippen LogP contribution >= 0.6 is 0 Å². The van der Waals surface area contributed by atoms with Crippen LogP contribution in [-0.4, -0.2) is 11.5 Å². The van der Waals surface area contributed by atoms with Crippen molar-refractivity contribution >= 4 is 0 Å². The number of aromatic nitrogens is 1. The molecule has 2 heteroatoms. The highest BCUT2D eigenvalue weighted by Crippen LogP contribution is 2.25. The van der Waals surface area contributed by atoms with Crippen LogP contribution in [0.1, 0.15) is 30.8 Å². The van der Waals surface area contributed by atoms with Crippen LogP contribution in [0.5, 0.6) is 0 Å². The van der Waals surface area contributed by atoms with Crippen molar-refractivity contribution in [2.24, 2.45) is 5.92 Å². The lowest BCUT2D eigenvalue weighted by atomic mass is 10.1. The zero-order valence-electron chi connectivity index (χ0n) is 8.25. The van der Waals surface area contributed by atoms with E-state index in [2.05, 4.69) is 29.4 Å². The molecule has 2 rings (SSSR count). The summed E-state index contributed by atoms with van der Waals surface area (Å²) in [5.74, 6) is 0.785. The molecule has 1 aromatic rings. The Hall–Kier alpha value is -0.890. The van der Waals surface area contributed by atoms with Crippen LogP contribution in [0.4, 0.5) is 0 Å². The first-order valence-corrected chi connectivity index (χ1v) is 4.92. The zero-order chi connectivity index (χ0) is 9.26. The van der Waals surface area contributed by atoms with Crippen LogP contribution in [-0.2, 0) is 0 Å². The summed E-state index contributed by atoms with van der Waals surface area (Å²) in [6.07, 6.45) is 1.22. The predicted octanol–water partition coefficient (Wildman–Crippen LogP) is 2.06. The molecule has 0 unspecified atom stereocenters. The summed E-state index contributed by atoms with van der Waals surface area (Å²) in [5, 5.41) is 3.49. The van der Waals surface area contributed by atoms with Gasteiger partial charge in [0.05, 0.1) is 5.69 Å². The average molecular weight is 176 g/mol. The van der Waals surface area contributed by atoms with Crippen molar-refractivity contribution in [2.45, 2.75) is 26.3 Å². The highest BCUT2D eigenvalue weighted by Gasteiger charge is 2.22. The Kier molecular flexibility index (Phi) is 2.32. The van der Waals surface area contributed by atoms with Crippen molar-refractivity contribution < 1.29 is 0 Å². The maximum Gasteiger partial charge on any atom is 0.0576 e. The second kappa shape index (κ2) is 3.46. The molecule has 1 aromatic heterocycles. The summed E-state index contributed by atoms with van der Waals surface area (Å²) in [7, 11) is 0. The van der Waals surface area contributed by atoms with Crippen LogP contribution in [0, 0.1) is 12.8 Å². The van der Waals surface area contributed by atoms with E-state index >= 15 is 0 Å². The summed E-state index contributed by atoms with van der Waals surface area (Å²) in [4.78, 5) is 4.53. The molecular weight excluding hydrogens is 160 g/mol. The molecule has 0 bridgehead atoms. The summed E-state index contributed by atoms with van der Waals surface area (Å²) in [6.45, 7) is 5.45. The van der Waals surface area contributed by atoms with Gasteiger partial charge < -0.3 is 5.32 Å². The summed E-state index contributed by atoms with van der Waals surface area (Å²) >= 11 is 0. The van der Waals surface area contributed by atoms with Crippen molar-refractivity contribution in [3.63, 3.8) is 0 Å². The quantitative estimate of drug-likeness (QED) is 0.708. The van der Waals surface area contributed by atoms with Gasteiger partial charge in [-0.05, 0) is 37.9 Å². The lowest BCUT2D eigenvalue weighted by Crippen LogP contribution is -2.14. The van der Waals surface area contributed by atoms with Gasteiger partial charge in [0.15, 0.2) is 0 Å². The second-order valence-corrected chi connectivity index (χ2v) is 4.01. The van der Waals surface area contributed by atoms with E-state index in [0.29, 0.717) is 6.04 Å². The first kappa shape index (κ1) is 8.70. The third-order valence-electron chi connectivity index (χ3n) is 2.62. The molecule has 0 spiro atoms. The van der Waals surface area contributed by atoms with Gasteiger partial charge in [0, 0.05) is 11.7 Å². The van der Waals surface area contributed by atoms with Crippen molar-refractivity contribution in [1.29, 1.82) is 0 Å². The van der Waals surface area contributed by atoms with Gasteiger partial charge in [-0.25, -0.2) is 0 Å². The summed E-state index contributed by atoms with van der Waals surface area (Å²) in [6, 6.07) is 6.72. The molecule has 2 atom stereocenters. The Morgan fingerprint density at radius 3 is 2.92 bits per heavy atom. The molecule has 1 fully saturated rings. The molecule has 0 aliphatic carbocycles. The fraction of sp³-hybridized carbons (Fsp3) is 0.545. The van der Waals surface area contributed by atoms with Gasteiger partial charge in [0.25, 0.3) is 0 Å². The van der Waals surface area contributed by atoms with Crippen LogP contribution < -0.4 is 5.32 Å². The van der Waals surface area contributed by atoms with E-state index in [1.807, 2.05) is 13.0 Å². The summed E-state index contributed by atoms with van der Waals surface area (Å²) in [5.41, 5.74) is 2.31. The van der Waals surface area contributed by atoms with Crippen LogP contribution in [0.15, 0.2) is 18.2 Å². The average Bonchev–Trinajstić information content (AvgIpc) is 2.52. The van der Waals surface area contributed by atoms with Gasteiger partial charge in [-0.1, -0.05) is 13.0 Å². The SMILES string of the molecule is Cc1cccc([C@H]2C[C@@H](C)CN2)n1. The molecule has 0 amide bonds. The van der Waals surface area contributed by atoms with E-state index < -0.39 is 0 Å². The Bertz CT molecular complexity index is 296. The minimum absolute atomic E-state index is 0.481. The topological polar surface area (TPSA) is 24.9 Å². The molecule has 2 nitrogen and oxygen atoms in total. The van der Waals surface area contributed by atoms with Gasteiger partial charge in [-0.3, -0.25) is 4.98 Å². The Morgan fingerprint density at radius 1 is 1.46 bits per heavy atom. The molecule has 2 heterocycles. The van der Waals surface area contributed by atoms with Crippen LogP contribution in [0.2, 0.25) is 0 Å². The van der Waals surface area contributed by atoms with Gasteiger partial charge in [0.1, 0.15) is 0 Å². The number of nitrogens with zero attached hydrogens (tertiary/aromatic N) is 1. The fourth-order valence-electron chi connectivity index (χ4n) is 1.90. The smallest absolute Gasteiger partial charge is 0.0576 e. The van der Waals surface area contributed by atoms with Crippen LogP contribution in [0.25, 0.3) is 0 Å². The molecular formula is C11H16N2. The predicted molar refractivity (Wildman–Crippen MR) is 53.5 cm³/mol. The van der Waals surface area contributed by atoms with Crippen LogP contribution in [0.3, 0.4) is 0 Å². The van der Waals surface area contributed by atoms with Crippen molar-refractivity contribution in [2.75, 3.05) is 6.54 Å². The molecule has 13 heavy (non-hydrogen) atoms. The molecule has 0 aromatic carbocycles. The number of aryl methyl sites for hydroxylation is 1. The number of nitrogens with one attached hydrogen (secondary N) is 1. The van der Waals surface area contributed by atoms with E-state index in [9.17, 15) is 0 Å². The van der Waals surface area contributed by atoms with E-state index in [-0.39, 0.29) is 0 Å². The fourth-order valence-corrected chi connectivity index (χ4v) is 1.90. The minimum Gasteiger partial charge on any atom is -0.308 e. The first-order valence-electron chi connectivity index (χ1n) is 4.92. The lowest BCUT2D eigenvalue weighted by molar-refractivity contribution is 0.598. The summed E-state index contributed by atoms with van der Waals surface area (Å²) < 4.78 is 0. The zero-order valence-corrected chi connectivity index (χ0v) is 8.25. The largest absolute Gasteiger partial charge is 0.308 e. The molecule has 1 aliphatic heterocycles. The van der Waals surface area contributed by atoms with E-state index in [1.54, 1.807) is 0 Å².